The van der Waals surface area contributed by atoms with Crippen molar-refractivity contribution in [1.29, 1.82) is 0 Å². The van der Waals surface area contributed by atoms with Crippen LogP contribution in [0.25, 0.3) is 0 Å². The van der Waals surface area contributed by atoms with Gasteiger partial charge in [0, 0.05) is 48.0 Å². The van der Waals surface area contributed by atoms with Gasteiger partial charge >= 0.3 is 5.97 Å². The molecule has 0 spiro atoms. The number of aliphatic carboxylic acids is 1. The highest BCUT2D eigenvalue weighted by atomic mass is 35.5. The van der Waals surface area contributed by atoms with Crippen molar-refractivity contribution in [3.05, 3.63) is 88.4 Å². The molecule has 2 aliphatic rings. The number of hydrogen-bond acceptors (Lipinski definition) is 8. The topological polar surface area (TPSA) is 130 Å². The monoisotopic (exact) mass is 734 g/mol. The molecule has 0 radical (unpaired) electrons. The summed E-state index contributed by atoms with van der Waals surface area (Å²) in [4.78, 5) is 43.0. The van der Waals surface area contributed by atoms with E-state index in [9.17, 15) is 19.5 Å². The number of ether oxygens (including phenoxy) is 3. The maximum Gasteiger partial charge on any atom is 0.322 e. The Kier molecular flexibility index (Phi) is 13.6. The Labute approximate surface area is 311 Å². The van der Waals surface area contributed by atoms with Crippen LogP contribution in [0.5, 0.6) is 11.5 Å². The molecule has 1 fully saturated rings. The molecule has 2 aliphatic heterocycles. The van der Waals surface area contributed by atoms with E-state index in [0.717, 1.165) is 32.4 Å². The summed E-state index contributed by atoms with van der Waals surface area (Å²) in [7, 11) is 1.57. The van der Waals surface area contributed by atoms with Crippen LogP contribution in [-0.2, 0) is 25.5 Å². The second-order valence-corrected chi connectivity index (χ2v) is 14.9. The van der Waals surface area contributed by atoms with Crippen molar-refractivity contribution in [2.75, 3.05) is 57.9 Å². The number of halogens is 1. The molecule has 0 saturated carbocycles. The Morgan fingerprint density at radius 1 is 1.04 bits per heavy atom. The number of carboxylic acid groups (broad SMARTS) is 1. The smallest absolute Gasteiger partial charge is 0.322 e. The fourth-order valence-electron chi connectivity index (χ4n) is 6.65. The first-order valence-electron chi connectivity index (χ1n) is 18.0. The molecule has 12 heteroatoms. The fraction of sp³-hybridized carbons (Fsp3) is 0.475. The number of carboxylic acids is 1. The minimum Gasteiger partial charge on any atom is -0.492 e. The fourth-order valence-corrected chi connectivity index (χ4v) is 6.83. The molecule has 280 valence electrons. The van der Waals surface area contributed by atoms with E-state index < -0.39 is 24.2 Å². The van der Waals surface area contributed by atoms with Crippen molar-refractivity contribution < 1.29 is 33.7 Å². The van der Waals surface area contributed by atoms with Crippen LogP contribution in [0.4, 0.5) is 5.69 Å². The van der Waals surface area contributed by atoms with Gasteiger partial charge < -0.3 is 39.8 Å². The largest absolute Gasteiger partial charge is 0.492 e. The predicted molar refractivity (Wildman–Crippen MR) is 201 cm³/mol. The molecule has 0 aromatic heterocycles. The van der Waals surface area contributed by atoms with E-state index in [1.54, 1.807) is 24.1 Å². The first kappa shape index (κ1) is 39.1. The summed E-state index contributed by atoms with van der Waals surface area (Å²) in [5.41, 5.74) is 2.95. The Balaban J connectivity index is 1.37. The van der Waals surface area contributed by atoms with Crippen molar-refractivity contribution in [3.63, 3.8) is 0 Å². The molecule has 1 saturated heterocycles. The van der Waals surface area contributed by atoms with E-state index in [0.29, 0.717) is 59.6 Å². The summed E-state index contributed by atoms with van der Waals surface area (Å²) in [6, 6.07) is 20.5. The zero-order valence-electron chi connectivity index (χ0n) is 30.5. The number of carbonyl (C=O) groups excluding carboxylic acids is 2. The molecule has 3 aromatic carbocycles. The third kappa shape index (κ3) is 10.2. The van der Waals surface area contributed by atoms with Gasteiger partial charge in [0.1, 0.15) is 18.2 Å². The summed E-state index contributed by atoms with van der Waals surface area (Å²) in [5.74, 6) is -0.759. The van der Waals surface area contributed by atoms with E-state index in [-0.39, 0.29) is 30.2 Å². The van der Waals surface area contributed by atoms with Gasteiger partial charge in [-0.2, -0.15) is 0 Å². The van der Waals surface area contributed by atoms with Crippen LogP contribution >= 0.6 is 11.6 Å². The van der Waals surface area contributed by atoms with Gasteiger partial charge in [-0.15, -0.1) is 0 Å². The normalized spacial score (nSPS) is 19.2. The van der Waals surface area contributed by atoms with Crippen LogP contribution in [-0.4, -0.2) is 92.9 Å². The lowest BCUT2D eigenvalue weighted by Crippen LogP contribution is -2.56. The third-order valence-corrected chi connectivity index (χ3v) is 9.37. The van der Waals surface area contributed by atoms with Crippen LogP contribution in [0.1, 0.15) is 62.8 Å². The lowest BCUT2D eigenvalue weighted by atomic mass is 9.94. The highest BCUT2D eigenvalue weighted by Gasteiger charge is 2.41. The molecule has 3 atom stereocenters. The molecule has 0 bridgehead atoms. The molecule has 52 heavy (non-hydrogen) atoms. The van der Waals surface area contributed by atoms with E-state index in [2.05, 4.69) is 34.9 Å². The lowest BCUT2D eigenvalue weighted by Gasteiger charge is -2.34. The van der Waals surface area contributed by atoms with Crippen molar-refractivity contribution in [3.8, 4) is 11.5 Å². The number of amides is 2. The Bertz CT molecular complexity index is 1680. The molecule has 2 heterocycles. The summed E-state index contributed by atoms with van der Waals surface area (Å²) < 4.78 is 18.9. The van der Waals surface area contributed by atoms with Crippen LogP contribution in [0.15, 0.2) is 66.7 Å². The van der Waals surface area contributed by atoms with Crippen molar-refractivity contribution in [1.82, 2.24) is 15.5 Å². The van der Waals surface area contributed by atoms with Gasteiger partial charge in [-0.1, -0.05) is 74.8 Å². The maximum atomic E-state index is 14.4. The Morgan fingerprint density at radius 3 is 2.54 bits per heavy atom. The number of rotatable bonds is 15. The summed E-state index contributed by atoms with van der Waals surface area (Å²) in [6.07, 6.45) is 0.578. The molecule has 11 nitrogen and oxygen atoms in total. The molecule has 3 aromatic rings. The highest BCUT2D eigenvalue weighted by molar-refractivity contribution is 6.30. The third-order valence-electron chi connectivity index (χ3n) is 9.14. The number of benzene rings is 3. The predicted octanol–water partition coefficient (Wildman–Crippen LogP) is 5.48. The Morgan fingerprint density at radius 2 is 1.81 bits per heavy atom. The quantitative estimate of drug-likeness (QED) is 0.174. The van der Waals surface area contributed by atoms with E-state index >= 15 is 0 Å². The second-order valence-electron chi connectivity index (χ2n) is 14.5. The van der Waals surface area contributed by atoms with Gasteiger partial charge in [-0.25, -0.2) is 0 Å². The first-order chi connectivity index (χ1) is 24.9. The van der Waals surface area contributed by atoms with E-state index in [1.807, 2.05) is 51.1 Å². The number of anilines is 1. The summed E-state index contributed by atoms with van der Waals surface area (Å²) in [6.45, 7) is 9.30. The average molecular weight is 735 g/mol. The summed E-state index contributed by atoms with van der Waals surface area (Å²) >= 11 is 6.59. The van der Waals surface area contributed by atoms with Gasteiger partial charge in [0.25, 0.3) is 5.91 Å². The standard InChI is InChI=1S/C40H51ClN4O7/c1-40(2,3)26-45-32-17-16-28(41)23-30(32)36(52-34(38(45)47)24-35(46)44-21-20-43-31(25-44)39(48)49)29-14-8-15-33(37(29)50-4)51-22-10-19-42-18-9-13-27-11-6-5-7-12-27/h5-8,11-12,14-17,23,31,34,36,42-43H,9-10,13,18-22,24-26H2,1-4H3,(H,48,49). The van der Waals surface area contributed by atoms with Crippen molar-refractivity contribution in [2.24, 2.45) is 5.41 Å². The molecule has 3 unspecified atom stereocenters. The minimum absolute atomic E-state index is 0.00351. The molecule has 3 N–H and O–H groups in total. The zero-order valence-corrected chi connectivity index (χ0v) is 31.3. The van der Waals surface area contributed by atoms with Gasteiger partial charge in [-0.05, 0) is 67.6 Å². The second kappa shape index (κ2) is 18.1. The summed E-state index contributed by atoms with van der Waals surface area (Å²) in [5, 5.41) is 16.4. The SMILES string of the molecule is COc1c(OCCCNCCCc2ccccc2)cccc1C1OC(CC(=O)N2CCNC(C(=O)O)C2)C(=O)N(CC(C)(C)C)c2ccc(Cl)cc21. The number of nitrogens with zero attached hydrogens (tertiary/aromatic N) is 2. The van der Waals surface area contributed by atoms with Crippen LogP contribution < -0.4 is 25.0 Å². The Hall–Kier alpha value is -4.16. The van der Waals surface area contributed by atoms with Crippen molar-refractivity contribution in [2.45, 2.75) is 64.7 Å². The maximum absolute atomic E-state index is 14.4. The van der Waals surface area contributed by atoms with Crippen LogP contribution in [0.2, 0.25) is 5.02 Å². The number of hydrogen-bond donors (Lipinski definition) is 3. The number of fused-ring (bicyclic) bond motifs is 1. The number of carbonyl (C=O) groups is 3. The van der Waals surface area contributed by atoms with Gasteiger partial charge in [0.05, 0.1) is 20.1 Å². The van der Waals surface area contributed by atoms with Gasteiger partial charge in [0.15, 0.2) is 11.5 Å². The average Bonchev–Trinajstić information content (AvgIpc) is 3.22. The first-order valence-corrected chi connectivity index (χ1v) is 18.4. The highest BCUT2D eigenvalue weighted by Crippen LogP contribution is 2.45. The zero-order chi connectivity index (χ0) is 37.3. The van der Waals surface area contributed by atoms with E-state index in [4.69, 9.17) is 25.8 Å². The number of aryl methyl sites for hydroxylation is 1. The van der Waals surface area contributed by atoms with Gasteiger partial charge in [-0.3, -0.25) is 14.4 Å². The van der Waals surface area contributed by atoms with Crippen LogP contribution in [0.3, 0.4) is 0 Å². The molecule has 2 amide bonds. The van der Waals surface area contributed by atoms with E-state index in [1.165, 1.54) is 10.5 Å². The molecule has 0 aliphatic carbocycles. The number of nitrogens with one attached hydrogen (secondary N) is 2. The molecular weight excluding hydrogens is 684 g/mol. The van der Waals surface area contributed by atoms with Crippen LogP contribution in [0, 0.1) is 5.41 Å². The molecular formula is C40H51ClN4O7. The number of methoxy groups -OCH3 is 1. The number of piperazine rings is 1. The minimum atomic E-state index is -1.17. The van der Waals surface area contributed by atoms with Gasteiger partial charge in [0.2, 0.25) is 5.91 Å². The molecule has 5 rings (SSSR count). The number of para-hydroxylation sites is 1. The lowest BCUT2D eigenvalue weighted by molar-refractivity contribution is -0.146. The van der Waals surface area contributed by atoms with Crippen molar-refractivity contribution >= 4 is 35.1 Å².